The van der Waals surface area contributed by atoms with Gasteiger partial charge in [0.1, 0.15) is 9.84 Å². The maximum absolute atomic E-state index is 10.9. The van der Waals surface area contributed by atoms with Gasteiger partial charge < -0.3 is 10.4 Å². The van der Waals surface area contributed by atoms with Crippen LogP contribution < -0.4 is 5.32 Å². The van der Waals surface area contributed by atoms with E-state index in [0.717, 1.165) is 6.26 Å². The Hall–Kier alpha value is -1.70. The summed E-state index contributed by atoms with van der Waals surface area (Å²) in [5.41, 5.74) is 0.374. The number of hydrogen-bond donors (Lipinski definition) is 2. The molecule has 0 aliphatic carbocycles. The van der Waals surface area contributed by atoms with E-state index in [9.17, 15) is 13.2 Å². The molecule has 1 aromatic heterocycles. The maximum Gasteiger partial charge on any atom is 0.354 e. The molecule has 0 spiro atoms. The SMILES string of the molecule is Cc1cc(C(=O)O)nc(NCCS(C)(=O)=O)n1. The summed E-state index contributed by atoms with van der Waals surface area (Å²) in [5.74, 6) is -1.10. The van der Waals surface area contributed by atoms with Crippen molar-refractivity contribution >= 4 is 21.8 Å². The summed E-state index contributed by atoms with van der Waals surface area (Å²) in [7, 11) is -3.07. The van der Waals surface area contributed by atoms with Gasteiger partial charge in [0.05, 0.1) is 5.75 Å². The van der Waals surface area contributed by atoms with Gasteiger partial charge in [0.25, 0.3) is 0 Å². The molecule has 0 aliphatic heterocycles. The fourth-order valence-corrected chi connectivity index (χ4v) is 1.58. The zero-order valence-corrected chi connectivity index (χ0v) is 10.3. The van der Waals surface area contributed by atoms with Crippen LogP contribution in [0.2, 0.25) is 0 Å². The minimum Gasteiger partial charge on any atom is -0.477 e. The highest BCUT2D eigenvalue weighted by Crippen LogP contribution is 2.04. The van der Waals surface area contributed by atoms with Crippen molar-refractivity contribution in [1.82, 2.24) is 9.97 Å². The monoisotopic (exact) mass is 259 g/mol. The summed E-state index contributed by atoms with van der Waals surface area (Å²) < 4.78 is 21.8. The lowest BCUT2D eigenvalue weighted by Crippen LogP contribution is -2.16. The Labute approximate surface area is 98.8 Å². The first-order valence-electron chi connectivity index (χ1n) is 4.78. The third kappa shape index (κ3) is 4.77. The van der Waals surface area contributed by atoms with Gasteiger partial charge in [-0.3, -0.25) is 0 Å². The van der Waals surface area contributed by atoms with Crippen molar-refractivity contribution in [3.05, 3.63) is 17.5 Å². The quantitative estimate of drug-likeness (QED) is 0.762. The highest BCUT2D eigenvalue weighted by atomic mass is 32.2. The molecule has 0 bridgehead atoms. The first-order valence-corrected chi connectivity index (χ1v) is 6.84. The van der Waals surface area contributed by atoms with Crippen LogP contribution in [0.15, 0.2) is 6.07 Å². The highest BCUT2D eigenvalue weighted by Gasteiger charge is 2.09. The van der Waals surface area contributed by atoms with Crippen LogP contribution in [0.5, 0.6) is 0 Å². The predicted octanol–water partition coefficient (Wildman–Crippen LogP) is -0.0603. The fourth-order valence-electron chi connectivity index (χ4n) is 1.11. The fraction of sp³-hybridized carbons (Fsp3) is 0.444. The van der Waals surface area contributed by atoms with Crippen LogP contribution in [0, 0.1) is 6.92 Å². The Kier molecular flexibility index (Phi) is 4.00. The average Bonchev–Trinajstić information content (AvgIpc) is 2.14. The standard InChI is InChI=1S/C9H13N3O4S/c1-6-5-7(8(13)14)12-9(11-6)10-3-4-17(2,15)16/h5H,3-4H2,1-2H3,(H,13,14)(H,10,11,12). The van der Waals surface area contributed by atoms with E-state index in [4.69, 9.17) is 5.11 Å². The van der Waals surface area contributed by atoms with E-state index in [2.05, 4.69) is 15.3 Å². The van der Waals surface area contributed by atoms with Crippen LogP contribution in [-0.2, 0) is 9.84 Å². The summed E-state index contributed by atoms with van der Waals surface area (Å²) in [6, 6.07) is 1.34. The van der Waals surface area contributed by atoms with Gasteiger partial charge >= 0.3 is 5.97 Å². The average molecular weight is 259 g/mol. The second-order valence-corrected chi connectivity index (χ2v) is 5.84. The zero-order chi connectivity index (χ0) is 13.1. The second kappa shape index (κ2) is 5.09. The molecule has 0 saturated carbocycles. The van der Waals surface area contributed by atoms with Crippen molar-refractivity contribution in [3.8, 4) is 0 Å². The molecular formula is C9H13N3O4S. The summed E-state index contributed by atoms with van der Waals surface area (Å²) >= 11 is 0. The largest absolute Gasteiger partial charge is 0.477 e. The second-order valence-electron chi connectivity index (χ2n) is 3.58. The number of nitrogens with one attached hydrogen (secondary N) is 1. The molecule has 7 nitrogen and oxygen atoms in total. The number of anilines is 1. The van der Waals surface area contributed by atoms with Crippen molar-refractivity contribution in [2.75, 3.05) is 23.9 Å². The minimum absolute atomic E-state index is 0.0628. The Bertz CT molecular complexity index is 527. The Balaban J connectivity index is 2.75. The van der Waals surface area contributed by atoms with Crippen LogP contribution in [-0.4, -0.2) is 48.0 Å². The van der Waals surface area contributed by atoms with E-state index < -0.39 is 15.8 Å². The normalized spacial score (nSPS) is 11.2. The van der Waals surface area contributed by atoms with Crippen LogP contribution in [0.3, 0.4) is 0 Å². The maximum atomic E-state index is 10.9. The molecular weight excluding hydrogens is 246 g/mol. The molecule has 0 radical (unpaired) electrons. The van der Waals surface area contributed by atoms with Gasteiger partial charge in [-0.1, -0.05) is 0 Å². The molecule has 0 fully saturated rings. The van der Waals surface area contributed by atoms with Gasteiger partial charge in [0, 0.05) is 18.5 Å². The van der Waals surface area contributed by atoms with Crippen LogP contribution in [0.1, 0.15) is 16.2 Å². The third-order valence-corrected chi connectivity index (χ3v) is 2.78. The van der Waals surface area contributed by atoms with Crippen molar-refractivity contribution in [2.24, 2.45) is 0 Å². The topological polar surface area (TPSA) is 109 Å². The number of carboxylic acid groups (broad SMARTS) is 1. The minimum atomic E-state index is -3.07. The van der Waals surface area contributed by atoms with Crippen LogP contribution in [0.4, 0.5) is 5.95 Å². The van der Waals surface area contributed by atoms with Gasteiger partial charge in [-0.05, 0) is 13.0 Å². The van der Waals surface area contributed by atoms with E-state index >= 15 is 0 Å². The first kappa shape index (κ1) is 13.4. The third-order valence-electron chi connectivity index (χ3n) is 1.83. The summed E-state index contributed by atoms with van der Waals surface area (Å²) in [6.45, 7) is 1.78. The number of aromatic nitrogens is 2. The van der Waals surface area contributed by atoms with Crippen LogP contribution in [0.25, 0.3) is 0 Å². The van der Waals surface area contributed by atoms with E-state index in [1.54, 1.807) is 6.92 Å². The Morgan fingerprint density at radius 2 is 2.12 bits per heavy atom. The van der Waals surface area contributed by atoms with Gasteiger partial charge in [0.2, 0.25) is 5.95 Å². The summed E-state index contributed by atoms with van der Waals surface area (Å²) in [4.78, 5) is 18.4. The van der Waals surface area contributed by atoms with E-state index in [1.807, 2.05) is 0 Å². The van der Waals surface area contributed by atoms with Gasteiger partial charge in [-0.25, -0.2) is 23.2 Å². The van der Waals surface area contributed by atoms with Gasteiger partial charge in [-0.2, -0.15) is 0 Å². The molecule has 0 aliphatic rings. The molecule has 0 unspecified atom stereocenters. The summed E-state index contributed by atoms with van der Waals surface area (Å²) in [5, 5.41) is 11.4. The number of aromatic carboxylic acids is 1. The molecule has 1 rings (SSSR count). The smallest absolute Gasteiger partial charge is 0.354 e. The van der Waals surface area contributed by atoms with Gasteiger partial charge in [-0.15, -0.1) is 0 Å². The van der Waals surface area contributed by atoms with E-state index in [1.165, 1.54) is 6.07 Å². The number of nitrogens with zero attached hydrogens (tertiary/aromatic N) is 2. The highest BCUT2D eigenvalue weighted by molar-refractivity contribution is 7.90. The van der Waals surface area contributed by atoms with Crippen molar-refractivity contribution in [2.45, 2.75) is 6.92 Å². The Morgan fingerprint density at radius 3 is 2.65 bits per heavy atom. The molecule has 94 valence electrons. The lowest BCUT2D eigenvalue weighted by atomic mass is 10.3. The molecule has 1 heterocycles. The number of aryl methyl sites for hydroxylation is 1. The Morgan fingerprint density at radius 1 is 1.47 bits per heavy atom. The molecule has 0 atom stereocenters. The number of hydrogen-bond acceptors (Lipinski definition) is 6. The van der Waals surface area contributed by atoms with Crippen molar-refractivity contribution in [1.29, 1.82) is 0 Å². The number of carbonyl (C=O) groups is 1. The molecule has 0 saturated heterocycles. The first-order chi connectivity index (χ1) is 7.78. The molecule has 2 N–H and O–H groups in total. The lowest BCUT2D eigenvalue weighted by Gasteiger charge is -2.05. The van der Waals surface area contributed by atoms with Crippen molar-refractivity contribution in [3.63, 3.8) is 0 Å². The number of carboxylic acids is 1. The predicted molar refractivity (Wildman–Crippen MR) is 61.9 cm³/mol. The molecule has 8 heteroatoms. The number of rotatable bonds is 5. The molecule has 0 aromatic carbocycles. The molecule has 17 heavy (non-hydrogen) atoms. The van der Waals surface area contributed by atoms with Crippen LogP contribution >= 0.6 is 0 Å². The van der Waals surface area contributed by atoms with E-state index in [0.29, 0.717) is 5.69 Å². The molecule has 1 aromatic rings. The zero-order valence-electron chi connectivity index (χ0n) is 9.47. The van der Waals surface area contributed by atoms with Gasteiger partial charge in [0.15, 0.2) is 5.69 Å². The summed E-state index contributed by atoms with van der Waals surface area (Å²) in [6.07, 6.45) is 1.12. The van der Waals surface area contributed by atoms with E-state index in [-0.39, 0.29) is 23.9 Å². The lowest BCUT2D eigenvalue weighted by molar-refractivity contribution is 0.0690. The number of sulfone groups is 1. The molecule has 0 amide bonds. The van der Waals surface area contributed by atoms with Crippen molar-refractivity contribution < 1.29 is 18.3 Å².